The van der Waals surface area contributed by atoms with Crippen LogP contribution in [0.3, 0.4) is 0 Å². The van der Waals surface area contributed by atoms with Gasteiger partial charge in [0.05, 0.1) is 30.3 Å². The second kappa shape index (κ2) is 9.02. The lowest BCUT2D eigenvalue weighted by Gasteiger charge is -2.52. The molecule has 1 amide bonds. The van der Waals surface area contributed by atoms with Crippen molar-refractivity contribution in [2.75, 3.05) is 14.1 Å². The number of carbonyl (C=O) groups excluding carboxylic acids is 6. The van der Waals surface area contributed by atoms with Crippen molar-refractivity contribution in [3.05, 3.63) is 47.0 Å². The minimum absolute atomic E-state index is 0.0163. The molecule has 12 heteroatoms. The maximum atomic E-state index is 13.8. The van der Waals surface area contributed by atoms with Crippen molar-refractivity contribution in [1.82, 2.24) is 14.5 Å². The number of imidazole rings is 1. The molecule has 2 unspecified atom stereocenters. The Bertz CT molecular complexity index is 1480. The molecule has 0 radical (unpaired) electrons. The van der Waals surface area contributed by atoms with Gasteiger partial charge in [-0.1, -0.05) is 0 Å². The van der Waals surface area contributed by atoms with Gasteiger partial charge in [-0.25, -0.2) is 4.98 Å². The van der Waals surface area contributed by atoms with Crippen LogP contribution in [0.1, 0.15) is 38.4 Å². The van der Waals surface area contributed by atoms with E-state index in [1.165, 1.54) is 31.1 Å². The number of rotatable bonds is 5. The number of Topliss-reactive ketones (excluding diaryl/α,β-unsaturated/α-hetero) is 5. The highest BCUT2D eigenvalue weighted by Crippen LogP contribution is 2.51. The van der Waals surface area contributed by atoms with Gasteiger partial charge in [0.1, 0.15) is 5.75 Å². The van der Waals surface area contributed by atoms with E-state index < -0.39 is 70.1 Å². The van der Waals surface area contributed by atoms with Crippen molar-refractivity contribution in [2.45, 2.75) is 30.9 Å². The summed E-state index contributed by atoms with van der Waals surface area (Å²) in [5, 5.41) is 22.2. The lowest BCUT2D eigenvalue weighted by molar-refractivity contribution is -0.181. The number of benzene rings is 1. The Labute approximate surface area is 222 Å². The molecular weight excluding hydrogens is 508 g/mol. The number of aromatic hydroxyl groups is 1. The third-order valence-electron chi connectivity index (χ3n) is 8.50. The number of hydrogen-bond donors (Lipinski definition) is 3. The summed E-state index contributed by atoms with van der Waals surface area (Å²) in [5.41, 5.74) is 3.44. The molecular formula is C27H28N4O8. The molecule has 3 aliphatic carbocycles. The highest BCUT2D eigenvalue weighted by Gasteiger charge is 2.69. The van der Waals surface area contributed by atoms with Crippen molar-refractivity contribution in [3.8, 4) is 5.75 Å². The van der Waals surface area contributed by atoms with Crippen molar-refractivity contribution >= 4 is 34.8 Å². The zero-order chi connectivity index (χ0) is 28.5. The number of phenolic OH excluding ortho intramolecular Hbond substituents is 1. The smallest absolute Gasteiger partial charge is 0.235 e. The first-order valence-electron chi connectivity index (χ1n) is 12.5. The van der Waals surface area contributed by atoms with Crippen molar-refractivity contribution in [2.24, 2.45) is 36.5 Å². The minimum Gasteiger partial charge on any atom is -0.507 e. The lowest BCUT2D eigenvalue weighted by Crippen LogP contribution is -2.74. The topological polar surface area (TPSA) is 190 Å². The fourth-order valence-electron chi connectivity index (χ4n) is 6.68. The largest absolute Gasteiger partial charge is 0.507 e. The maximum Gasteiger partial charge on any atom is 0.235 e. The summed E-state index contributed by atoms with van der Waals surface area (Å²) in [4.78, 5) is 84.9. The molecule has 1 heterocycles. The number of carbonyl (C=O) groups is 6. The highest BCUT2D eigenvalue weighted by atomic mass is 16.3. The van der Waals surface area contributed by atoms with Crippen LogP contribution in [0, 0.1) is 23.7 Å². The Hall–Kier alpha value is -4.03. The van der Waals surface area contributed by atoms with Crippen molar-refractivity contribution in [3.63, 3.8) is 0 Å². The molecule has 0 aliphatic heterocycles. The van der Waals surface area contributed by atoms with E-state index in [1.54, 1.807) is 24.1 Å². The Morgan fingerprint density at radius 1 is 1.18 bits per heavy atom. The van der Waals surface area contributed by atoms with E-state index in [0.717, 1.165) is 0 Å². The standard InChI is InChI=1S/C27H28N4O8/c1-30(2)21-15-7-11-6-14-13(17(33)8-12-9-29-10-31(12)3)4-5-16(32)19(14)22(34)18(11)24(36)27(15,39)25(37)20(23(21)35)26(28)38/h4-5,9-11,15,18,20-21,32,39H,6-8H2,1-3H3,(H2,28,38)/t11-,15-,18?,20?,21-,27-/m0/s1. The van der Waals surface area contributed by atoms with Crippen LogP contribution in [0.4, 0.5) is 0 Å². The monoisotopic (exact) mass is 536 g/mol. The molecule has 2 fully saturated rings. The summed E-state index contributed by atoms with van der Waals surface area (Å²) in [6, 6.07) is 1.44. The number of likely N-dealkylation sites (N-methyl/N-ethyl adjacent to an activating group) is 1. The molecule has 0 spiro atoms. The second-order valence-electron chi connectivity index (χ2n) is 10.9. The molecule has 2 saturated carbocycles. The first-order chi connectivity index (χ1) is 18.3. The van der Waals surface area contributed by atoms with Gasteiger partial charge < -0.3 is 20.5 Å². The molecule has 12 nitrogen and oxygen atoms in total. The molecule has 4 N–H and O–H groups in total. The quantitative estimate of drug-likeness (QED) is 0.316. The number of ketones is 5. The molecule has 1 aromatic carbocycles. The third-order valence-corrected chi connectivity index (χ3v) is 8.50. The fraction of sp³-hybridized carbons (Fsp3) is 0.444. The van der Waals surface area contributed by atoms with Crippen LogP contribution in [0.25, 0.3) is 0 Å². The van der Waals surface area contributed by atoms with Gasteiger partial charge in [0.15, 0.2) is 40.4 Å². The van der Waals surface area contributed by atoms with Gasteiger partial charge in [-0.2, -0.15) is 0 Å². The molecule has 39 heavy (non-hydrogen) atoms. The number of amides is 1. The predicted octanol–water partition coefficient (Wildman–Crippen LogP) is -0.974. The maximum absolute atomic E-state index is 13.8. The van der Waals surface area contributed by atoms with Crippen LogP contribution < -0.4 is 5.73 Å². The predicted molar refractivity (Wildman–Crippen MR) is 133 cm³/mol. The highest BCUT2D eigenvalue weighted by molar-refractivity contribution is 6.32. The van der Waals surface area contributed by atoms with Crippen molar-refractivity contribution < 1.29 is 39.0 Å². The van der Waals surface area contributed by atoms with E-state index in [1.807, 2.05) is 0 Å². The number of fused-ring (bicyclic) bond motifs is 3. The average molecular weight is 537 g/mol. The normalized spacial score (nSPS) is 30.1. The van der Waals surface area contributed by atoms with Gasteiger partial charge >= 0.3 is 0 Å². The van der Waals surface area contributed by atoms with E-state index in [9.17, 15) is 39.0 Å². The molecule has 5 rings (SSSR count). The summed E-state index contributed by atoms with van der Waals surface area (Å²) >= 11 is 0. The number of aliphatic hydroxyl groups is 1. The van der Waals surface area contributed by atoms with Gasteiger partial charge in [0.25, 0.3) is 0 Å². The van der Waals surface area contributed by atoms with E-state index in [4.69, 9.17) is 5.73 Å². The average Bonchev–Trinajstić information content (AvgIpc) is 3.25. The van der Waals surface area contributed by atoms with Crippen LogP contribution in [-0.2, 0) is 39.1 Å². The SMILES string of the molecule is CN(C)[C@@H]1C(=O)C(C(N)=O)C(=O)[C@@]2(O)C(=O)C3C(=O)c4c(O)ccc(C(=O)Cc5cncn5C)c4C[C@H]3C[C@@H]12. The number of nitrogens with two attached hydrogens (primary N) is 1. The van der Waals surface area contributed by atoms with E-state index in [2.05, 4.69) is 4.98 Å². The molecule has 0 bridgehead atoms. The van der Waals surface area contributed by atoms with Gasteiger partial charge in [0, 0.05) is 30.4 Å². The first-order valence-corrected chi connectivity index (χ1v) is 12.5. The van der Waals surface area contributed by atoms with Crippen LogP contribution in [0.2, 0.25) is 0 Å². The summed E-state index contributed by atoms with van der Waals surface area (Å²) in [6.45, 7) is 0. The van der Waals surface area contributed by atoms with Crippen LogP contribution in [0.5, 0.6) is 5.75 Å². The number of nitrogens with zero attached hydrogens (tertiary/aromatic N) is 3. The number of primary amides is 1. The number of aryl methyl sites for hydroxylation is 1. The number of phenols is 1. The van der Waals surface area contributed by atoms with E-state index in [0.29, 0.717) is 5.69 Å². The lowest BCUT2D eigenvalue weighted by atomic mass is 9.52. The third kappa shape index (κ3) is 3.69. The molecule has 0 saturated heterocycles. The zero-order valence-corrected chi connectivity index (χ0v) is 21.6. The van der Waals surface area contributed by atoms with Crippen LogP contribution in [-0.4, -0.2) is 85.2 Å². The van der Waals surface area contributed by atoms with Crippen LogP contribution >= 0.6 is 0 Å². The summed E-state index contributed by atoms with van der Waals surface area (Å²) in [7, 11) is 4.77. The Morgan fingerprint density at radius 3 is 2.46 bits per heavy atom. The first kappa shape index (κ1) is 26.6. The summed E-state index contributed by atoms with van der Waals surface area (Å²) in [5.74, 6) is -11.7. The van der Waals surface area contributed by atoms with Gasteiger partial charge in [-0.3, -0.25) is 33.7 Å². The van der Waals surface area contributed by atoms with Crippen LogP contribution in [0.15, 0.2) is 24.7 Å². The molecule has 1 aromatic heterocycles. The summed E-state index contributed by atoms with van der Waals surface area (Å²) < 4.78 is 1.68. The second-order valence-corrected chi connectivity index (χ2v) is 10.9. The number of aromatic nitrogens is 2. The van der Waals surface area contributed by atoms with Gasteiger partial charge in [-0.05, 0) is 50.6 Å². The zero-order valence-electron chi connectivity index (χ0n) is 21.6. The van der Waals surface area contributed by atoms with Gasteiger partial charge in [-0.15, -0.1) is 0 Å². The Balaban J connectivity index is 1.60. The minimum atomic E-state index is -2.79. The molecule has 2 aromatic rings. The molecule has 204 valence electrons. The van der Waals surface area contributed by atoms with Gasteiger partial charge in [0.2, 0.25) is 5.91 Å². The molecule has 3 aliphatic rings. The number of hydrogen-bond acceptors (Lipinski definition) is 10. The Morgan fingerprint density at radius 2 is 1.87 bits per heavy atom. The van der Waals surface area contributed by atoms with Crippen molar-refractivity contribution in [1.29, 1.82) is 0 Å². The molecule has 6 atom stereocenters. The fourth-order valence-corrected chi connectivity index (χ4v) is 6.68. The van der Waals surface area contributed by atoms with E-state index >= 15 is 0 Å². The Kier molecular flexibility index (Phi) is 6.15. The summed E-state index contributed by atoms with van der Waals surface area (Å²) in [6.07, 6.45) is 3.01. The van der Waals surface area contributed by atoms with E-state index in [-0.39, 0.29) is 41.7 Å².